The molecule has 0 aliphatic heterocycles. The topological polar surface area (TPSA) is 12.0 Å². The van der Waals surface area contributed by atoms with Crippen LogP contribution in [-0.2, 0) is 0 Å². The Morgan fingerprint density at radius 1 is 1.10 bits per heavy atom. The zero-order valence-corrected chi connectivity index (χ0v) is 14.2. The summed E-state index contributed by atoms with van der Waals surface area (Å²) in [6.07, 6.45) is 0.958. The van der Waals surface area contributed by atoms with Gasteiger partial charge in [-0.15, -0.1) is 0 Å². The molecule has 0 bridgehead atoms. The lowest BCUT2D eigenvalue weighted by Crippen LogP contribution is -2.19. The standard InChI is InChI=1S/C18H21BrFN/c1-18(2,3)12-17(13-7-5-4-6-8-13)21-16-11-14(20)9-10-15(16)19/h4-11,17,21H,12H2,1-3H3. The Morgan fingerprint density at radius 3 is 2.38 bits per heavy atom. The van der Waals surface area contributed by atoms with Gasteiger partial charge in [0.15, 0.2) is 0 Å². The van der Waals surface area contributed by atoms with Crippen LogP contribution in [0.1, 0.15) is 38.8 Å². The van der Waals surface area contributed by atoms with Gasteiger partial charge in [0.05, 0.1) is 11.7 Å². The first kappa shape index (κ1) is 16.0. The van der Waals surface area contributed by atoms with Crippen molar-refractivity contribution in [3.05, 3.63) is 64.4 Å². The molecule has 0 aliphatic carbocycles. The highest BCUT2D eigenvalue weighted by Crippen LogP contribution is 2.34. The number of hydrogen-bond acceptors (Lipinski definition) is 1. The molecule has 21 heavy (non-hydrogen) atoms. The second-order valence-corrected chi connectivity index (χ2v) is 7.35. The van der Waals surface area contributed by atoms with Gasteiger partial charge in [-0.1, -0.05) is 51.1 Å². The monoisotopic (exact) mass is 349 g/mol. The molecular weight excluding hydrogens is 329 g/mol. The largest absolute Gasteiger partial charge is 0.377 e. The van der Waals surface area contributed by atoms with Crippen LogP contribution in [0.25, 0.3) is 0 Å². The zero-order valence-electron chi connectivity index (χ0n) is 12.7. The van der Waals surface area contributed by atoms with E-state index in [0.29, 0.717) is 0 Å². The van der Waals surface area contributed by atoms with Crippen molar-refractivity contribution < 1.29 is 4.39 Å². The van der Waals surface area contributed by atoms with Crippen molar-refractivity contribution in [2.75, 3.05) is 5.32 Å². The van der Waals surface area contributed by atoms with E-state index in [1.165, 1.54) is 17.7 Å². The van der Waals surface area contributed by atoms with Crippen LogP contribution in [0.2, 0.25) is 0 Å². The number of anilines is 1. The highest BCUT2D eigenvalue weighted by Gasteiger charge is 2.21. The van der Waals surface area contributed by atoms with Gasteiger partial charge in [-0.2, -0.15) is 0 Å². The van der Waals surface area contributed by atoms with Gasteiger partial charge in [-0.3, -0.25) is 0 Å². The van der Waals surface area contributed by atoms with Crippen LogP contribution in [0.15, 0.2) is 53.0 Å². The Hall–Kier alpha value is -1.35. The summed E-state index contributed by atoms with van der Waals surface area (Å²) in [4.78, 5) is 0. The van der Waals surface area contributed by atoms with Crippen LogP contribution in [-0.4, -0.2) is 0 Å². The molecule has 0 aliphatic rings. The van der Waals surface area contributed by atoms with Crippen molar-refractivity contribution in [1.82, 2.24) is 0 Å². The van der Waals surface area contributed by atoms with Crippen molar-refractivity contribution in [2.45, 2.75) is 33.2 Å². The molecule has 0 radical (unpaired) electrons. The van der Waals surface area contributed by atoms with E-state index >= 15 is 0 Å². The third kappa shape index (κ3) is 4.85. The predicted octanol–water partition coefficient (Wildman–Crippen LogP) is 6.18. The lowest BCUT2D eigenvalue weighted by molar-refractivity contribution is 0.352. The van der Waals surface area contributed by atoms with E-state index < -0.39 is 0 Å². The van der Waals surface area contributed by atoms with Crippen LogP contribution < -0.4 is 5.32 Å². The van der Waals surface area contributed by atoms with Gasteiger partial charge in [0.25, 0.3) is 0 Å². The molecule has 0 fully saturated rings. The number of nitrogens with one attached hydrogen (secondary N) is 1. The average molecular weight is 350 g/mol. The fraction of sp³-hybridized carbons (Fsp3) is 0.333. The molecule has 2 aromatic rings. The fourth-order valence-corrected chi connectivity index (χ4v) is 2.71. The molecule has 1 nitrogen and oxygen atoms in total. The molecule has 112 valence electrons. The summed E-state index contributed by atoms with van der Waals surface area (Å²) in [7, 11) is 0. The summed E-state index contributed by atoms with van der Waals surface area (Å²) in [5.74, 6) is -0.233. The Labute approximate surface area is 134 Å². The smallest absolute Gasteiger partial charge is 0.125 e. The molecule has 1 unspecified atom stereocenters. The van der Waals surface area contributed by atoms with Crippen LogP contribution in [0, 0.1) is 11.2 Å². The van der Waals surface area contributed by atoms with E-state index in [4.69, 9.17) is 0 Å². The first-order valence-corrected chi connectivity index (χ1v) is 7.91. The first-order valence-electron chi connectivity index (χ1n) is 7.12. The lowest BCUT2D eigenvalue weighted by atomic mass is 9.85. The third-order valence-electron chi connectivity index (χ3n) is 3.28. The van der Waals surface area contributed by atoms with Crippen LogP contribution in [0.4, 0.5) is 10.1 Å². The second-order valence-electron chi connectivity index (χ2n) is 6.50. The maximum absolute atomic E-state index is 13.5. The van der Waals surface area contributed by atoms with Crippen molar-refractivity contribution in [3.8, 4) is 0 Å². The molecule has 1 N–H and O–H groups in total. The maximum Gasteiger partial charge on any atom is 0.125 e. The molecule has 3 heteroatoms. The average Bonchev–Trinajstić information content (AvgIpc) is 2.42. The molecule has 0 heterocycles. The highest BCUT2D eigenvalue weighted by molar-refractivity contribution is 9.10. The molecular formula is C18H21BrFN. The lowest BCUT2D eigenvalue weighted by Gasteiger charge is -2.28. The fourth-order valence-electron chi connectivity index (χ4n) is 2.35. The minimum atomic E-state index is -0.233. The van der Waals surface area contributed by atoms with Crippen molar-refractivity contribution >= 4 is 21.6 Å². The quantitative estimate of drug-likeness (QED) is 0.694. The molecule has 1 atom stereocenters. The Morgan fingerprint density at radius 2 is 1.76 bits per heavy atom. The van der Waals surface area contributed by atoms with E-state index in [0.717, 1.165) is 16.6 Å². The summed E-state index contributed by atoms with van der Waals surface area (Å²) >= 11 is 3.48. The van der Waals surface area contributed by atoms with Crippen molar-refractivity contribution in [2.24, 2.45) is 5.41 Å². The Kier molecular flexibility index (Phi) is 5.04. The van der Waals surface area contributed by atoms with Gasteiger partial charge < -0.3 is 5.32 Å². The van der Waals surface area contributed by atoms with Crippen molar-refractivity contribution in [3.63, 3.8) is 0 Å². The number of rotatable bonds is 4. The number of benzene rings is 2. The van der Waals surface area contributed by atoms with E-state index in [1.807, 2.05) is 18.2 Å². The molecule has 0 saturated heterocycles. The number of hydrogen-bond donors (Lipinski definition) is 1. The molecule has 0 spiro atoms. The van der Waals surface area contributed by atoms with Gasteiger partial charge in [0.2, 0.25) is 0 Å². The molecule has 2 rings (SSSR count). The van der Waals surface area contributed by atoms with Gasteiger partial charge in [0, 0.05) is 4.47 Å². The van der Waals surface area contributed by atoms with Gasteiger partial charge in [-0.05, 0) is 51.5 Å². The summed E-state index contributed by atoms with van der Waals surface area (Å²) < 4.78 is 14.4. The van der Waals surface area contributed by atoms with E-state index in [2.05, 4.69) is 54.2 Å². The summed E-state index contributed by atoms with van der Waals surface area (Å²) in [5, 5.41) is 3.47. The normalized spacial score (nSPS) is 13.0. The van der Waals surface area contributed by atoms with E-state index in [1.54, 1.807) is 6.07 Å². The zero-order chi connectivity index (χ0) is 15.5. The first-order chi connectivity index (χ1) is 9.85. The van der Waals surface area contributed by atoms with E-state index in [-0.39, 0.29) is 17.3 Å². The maximum atomic E-state index is 13.5. The summed E-state index contributed by atoms with van der Waals surface area (Å²) in [6.45, 7) is 6.64. The van der Waals surface area contributed by atoms with Gasteiger partial charge >= 0.3 is 0 Å². The van der Waals surface area contributed by atoms with Gasteiger partial charge in [-0.25, -0.2) is 4.39 Å². The minimum absolute atomic E-state index is 0.143. The highest BCUT2D eigenvalue weighted by atomic mass is 79.9. The van der Waals surface area contributed by atoms with E-state index in [9.17, 15) is 4.39 Å². The van der Waals surface area contributed by atoms with Crippen LogP contribution in [0.3, 0.4) is 0 Å². The third-order valence-corrected chi connectivity index (χ3v) is 3.97. The summed E-state index contributed by atoms with van der Waals surface area (Å²) in [5.41, 5.74) is 2.17. The minimum Gasteiger partial charge on any atom is -0.377 e. The predicted molar refractivity (Wildman–Crippen MR) is 91.0 cm³/mol. The van der Waals surface area contributed by atoms with Crippen molar-refractivity contribution in [1.29, 1.82) is 0 Å². The van der Waals surface area contributed by atoms with Gasteiger partial charge in [0.1, 0.15) is 5.82 Å². The molecule has 2 aromatic carbocycles. The summed E-state index contributed by atoms with van der Waals surface area (Å²) in [6, 6.07) is 15.2. The molecule has 0 amide bonds. The Bertz CT molecular complexity index is 590. The molecule has 0 aromatic heterocycles. The number of halogens is 2. The molecule has 0 saturated carbocycles. The Balaban J connectivity index is 2.30. The van der Waals surface area contributed by atoms with Crippen LogP contribution >= 0.6 is 15.9 Å². The SMILES string of the molecule is CC(C)(C)CC(Nc1cc(F)ccc1Br)c1ccccc1. The van der Waals surface area contributed by atoms with Crippen LogP contribution in [0.5, 0.6) is 0 Å². The second kappa shape index (κ2) is 6.61.